The summed E-state index contributed by atoms with van der Waals surface area (Å²) >= 11 is 6.80. The highest BCUT2D eigenvalue weighted by Gasteiger charge is 2.24. The molecule has 4 amide bonds. The summed E-state index contributed by atoms with van der Waals surface area (Å²) < 4.78 is 20.0. The Hall–Kier alpha value is -3.22. The van der Waals surface area contributed by atoms with Gasteiger partial charge in [-0.3, -0.25) is 14.4 Å². The van der Waals surface area contributed by atoms with Crippen LogP contribution >= 0.6 is 22.9 Å². The van der Waals surface area contributed by atoms with E-state index < -0.39 is 29.8 Å². The monoisotopic (exact) mass is 484 g/mol. The summed E-state index contributed by atoms with van der Waals surface area (Å²) in [6.07, 6.45) is -1.50. The van der Waals surface area contributed by atoms with Crippen molar-refractivity contribution in [1.29, 1.82) is 0 Å². The molecule has 1 fully saturated rings. The number of carbonyl (C=O) groups is 4. The van der Waals surface area contributed by atoms with Crippen LogP contribution < -0.4 is 20.9 Å². The highest BCUT2D eigenvalue weighted by molar-refractivity contribution is 7.18. The van der Waals surface area contributed by atoms with Crippen LogP contribution in [-0.4, -0.2) is 61.3 Å². The smallest absolute Gasteiger partial charge is 0.405 e. The van der Waals surface area contributed by atoms with Crippen molar-refractivity contribution < 1.29 is 33.4 Å². The Kier molecular flexibility index (Phi) is 7.62. The van der Waals surface area contributed by atoms with Gasteiger partial charge in [0, 0.05) is 18.8 Å². The van der Waals surface area contributed by atoms with Crippen molar-refractivity contribution in [1.82, 2.24) is 10.6 Å². The second kappa shape index (κ2) is 10.4. The second-order valence-electron chi connectivity index (χ2n) is 6.57. The number of thiophene rings is 1. The summed E-state index contributed by atoms with van der Waals surface area (Å²) in [6.45, 7) is 0.0992. The first-order chi connectivity index (χ1) is 15.2. The van der Waals surface area contributed by atoms with Gasteiger partial charge in [0.2, 0.25) is 5.91 Å². The molecule has 0 spiro atoms. The predicted molar refractivity (Wildman–Crippen MR) is 115 cm³/mol. The molecule has 1 saturated heterocycles. The zero-order valence-corrected chi connectivity index (χ0v) is 18.0. The number of nitrogens with zero attached hydrogens (tertiary/aromatic N) is 1. The molecular weight excluding hydrogens is 467 g/mol. The minimum atomic E-state index is -1.50. The van der Waals surface area contributed by atoms with Crippen LogP contribution in [0.4, 0.5) is 20.6 Å². The molecule has 0 bridgehead atoms. The van der Waals surface area contributed by atoms with E-state index in [9.17, 15) is 23.6 Å². The Morgan fingerprint density at radius 2 is 2.06 bits per heavy atom. The van der Waals surface area contributed by atoms with Crippen LogP contribution in [0.3, 0.4) is 0 Å². The van der Waals surface area contributed by atoms with E-state index in [4.69, 9.17) is 21.4 Å². The Morgan fingerprint density at radius 3 is 2.69 bits per heavy atom. The summed E-state index contributed by atoms with van der Waals surface area (Å²) in [5, 5.41) is 15.7. The SMILES string of the molecule is O=C(O)N[C@H](CNC(=O)c1ccc(Cl)s1)C(=O)Nc1ccc(N2CCOCC2=O)cc1F. The van der Waals surface area contributed by atoms with E-state index >= 15 is 0 Å². The van der Waals surface area contributed by atoms with Crippen molar-refractivity contribution in [3.8, 4) is 0 Å². The molecule has 1 atom stereocenters. The molecule has 170 valence electrons. The molecule has 0 radical (unpaired) electrons. The maximum absolute atomic E-state index is 14.6. The van der Waals surface area contributed by atoms with Crippen molar-refractivity contribution in [2.24, 2.45) is 0 Å². The topological polar surface area (TPSA) is 137 Å². The van der Waals surface area contributed by atoms with Crippen LogP contribution in [0, 0.1) is 5.82 Å². The minimum absolute atomic E-state index is 0.105. The Morgan fingerprint density at radius 1 is 1.28 bits per heavy atom. The third-order valence-electron chi connectivity index (χ3n) is 4.39. The highest BCUT2D eigenvalue weighted by Crippen LogP contribution is 2.24. The fraction of sp³-hybridized carbons (Fsp3) is 0.263. The van der Waals surface area contributed by atoms with E-state index in [0.29, 0.717) is 16.6 Å². The van der Waals surface area contributed by atoms with E-state index in [1.807, 2.05) is 5.32 Å². The fourth-order valence-electron chi connectivity index (χ4n) is 2.86. The number of nitrogens with one attached hydrogen (secondary N) is 3. The van der Waals surface area contributed by atoms with Gasteiger partial charge in [-0.2, -0.15) is 0 Å². The van der Waals surface area contributed by atoms with Gasteiger partial charge in [-0.25, -0.2) is 9.18 Å². The van der Waals surface area contributed by atoms with Crippen LogP contribution in [0.5, 0.6) is 0 Å². The van der Waals surface area contributed by atoms with Crippen molar-refractivity contribution in [3.05, 3.63) is 45.4 Å². The molecule has 10 nitrogen and oxygen atoms in total. The lowest BCUT2D eigenvalue weighted by molar-refractivity contribution is -0.125. The lowest BCUT2D eigenvalue weighted by atomic mass is 10.2. The maximum atomic E-state index is 14.6. The zero-order chi connectivity index (χ0) is 23.3. The first-order valence-electron chi connectivity index (χ1n) is 9.26. The Labute approximate surface area is 190 Å². The normalized spacial score (nSPS) is 14.6. The molecule has 32 heavy (non-hydrogen) atoms. The van der Waals surface area contributed by atoms with E-state index in [1.54, 1.807) is 0 Å². The van der Waals surface area contributed by atoms with Crippen LogP contribution in [0.15, 0.2) is 30.3 Å². The summed E-state index contributed by atoms with van der Waals surface area (Å²) in [5.74, 6) is -2.56. The number of hydrogen-bond acceptors (Lipinski definition) is 6. The van der Waals surface area contributed by atoms with Gasteiger partial charge in [-0.1, -0.05) is 11.6 Å². The number of carbonyl (C=O) groups excluding carboxylic acids is 3. The standard InChI is InChI=1S/C19H18ClFN4O6S/c20-15-4-3-14(32-15)18(28)22-8-13(24-19(29)30)17(27)23-12-2-1-10(7-11(12)21)25-5-6-31-9-16(25)26/h1-4,7,13,24H,5-6,8-9H2,(H,22,28)(H,23,27)(H,29,30)/t13-/m1/s1. The molecular formula is C19H18ClFN4O6S. The number of halogens is 2. The van der Waals surface area contributed by atoms with E-state index in [2.05, 4.69) is 10.6 Å². The number of morpholine rings is 1. The molecule has 1 aliphatic rings. The first kappa shape index (κ1) is 23.4. The predicted octanol–water partition coefficient (Wildman–Crippen LogP) is 1.91. The molecule has 4 N–H and O–H groups in total. The van der Waals surface area contributed by atoms with Gasteiger partial charge in [-0.05, 0) is 30.3 Å². The number of ether oxygens (including phenoxy) is 1. The van der Waals surface area contributed by atoms with E-state index in [1.165, 1.54) is 29.2 Å². The van der Waals surface area contributed by atoms with E-state index in [0.717, 1.165) is 17.4 Å². The van der Waals surface area contributed by atoms with Crippen LogP contribution in [0.1, 0.15) is 9.67 Å². The third kappa shape index (κ3) is 5.93. The third-order valence-corrected chi connectivity index (χ3v) is 5.62. The summed E-state index contributed by atoms with van der Waals surface area (Å²) in [7, 11) is 0. The van der Waals surface area contributed by atoms with Crippen LogP contribution in [0.2, 0.25) is 4.34 Å². The van der Waals surface area contributed by atoms with Gasteiger partial charge in [0.1, 0.15) is 18.5 Å². The molecule has 0 saturated carbocycles. The van der Waals surface area contributed by atoms with Crippen molar-refractivity contribution in [2.45, 2.75) is 6.04 Å². The quantitative estimate of drug-likeness (QED) is 0.474. The number of carboxylic acid groups (broad SMARTS) is 1. The maximum Gasteiger partial charge on any atom is 0.405 e. The molecule has 0 unspecified atom stereocenters. The molecule has 2 aromatic rings. The average Bonchev–Trinajstić information content (AvgIpc) is 3.19. The molecule has 0 aliphatic carbocycles. The number of anilines is 2. The highest BCUT2D eigenvalue weighted by atomic mass is 35.5. The number of amides is 4. The van der Waals surface area contributed by atoms with Gasteiger partial charge < -0.3 is 30.7 Å². The average molecular weight is 485 g/mol. The second-order valence-corrected chi connectivity index (χ2v) is 8.28. The fourth-order valence-corrected chi connectivity index (χ4v) is 3.82. The molecule has 3 rings (SSSR count). The van der Waals surface area contributed by atoms with Gasteiger partial charge >= 0.3 is 6.09 Å². The zero-order valence-electron chi connectivity index (χ0n) is 16.4. The first-order valence-corrected chi connectivity index (χ1v) is 10.5. The van der Waals surface area contributed by atoms with Crippen LogP contribution in [-0.2, 0) is 14.3 Å². The number of hydrogen-bond donors (Lipinski definition) is 4. The largest absolute Gasteiger partial charge is 0.465 e. The van der Waals surface area contributed by atoms with Crippen molar-refractivity contribution in [3.63, 3.8) is 0 Å². The number of rotatable bonds is 7. The van der Waals surface area contributed by atoms with Crippen molar-refractivity contribution >= 4 is 58.1 Å². The van der Waals surface area contributed by atoms with Gasteiger partial charge in [0.25, 0.3) is 11.8 Å². The van der Waals surface area contributed by atoms with Gasteiger partial charge in [0.15, 0.2) is 0 Å². The number of benzene rings is 1. The van der Waals surface area contributed by atoms with Crippen LogP contribution in [0.25, 0.3) is 0 Å². The van der Waals surface area contributed by atoms with E-state index in [-0.39, 0.29) is 36.2 Å². The summed E-state index contributed by atoms with van der Waals surface area (Å²) in [6, 6.07) is 5.41. The molecule has 1 aromatic carbocycles. The lowest BCUT2D eigenvalue weighted by Crippen LogP contribution is -2.50. The molecule has 13 heteroatoms. The Balaban J connectivity index is 1.66. The Bertz CT molecular complexity index is 1050. The molecule has 1 aromatic heterocycles. The van der Waals surface area contributed by atoms with Gasteiger partial charge in [0.05, 0.1) is 21.5 Å². The summed E-state index contributed by atoms with van der Waals surface area (Å²) in [4.78, 5) is 49.3. The van der Waals surface area contributed by atoms with Gasteiger partial charge in [-0.15, -0.1) is 11.3 Å². The van der Waals surface area contributed by atoms with Crippen molar-refractivity contribution in [2.75, 3.05) is 36.5 Å². The molecule has 2 heterocycles. The molecule has 1 aliphatic heterocycles. The minimum Gasteiger partial charge on any atom is -0.465 e. The summed E-state index contributed by atoms with van der Waals surface area (Å²) in [5.41, 5.74) is 0.0869. The lowest BCUT2D eigenvalue weighted by Gasteiger charge is -2.27.